The molecule has 0 heterocycles. The molecular weight excluding hydrogens is 263 g/mol. The van der Waals surface area contributed by atoms with Crippen LogP contribution in [0.25, 0.3) is 0 Å². The van der Waals surface area contributed by atoms with Crippen LogP contribution in [0.2, 0.25) is 0 Å². The van der Waals surface area contributed by atoms with Gasteiger partial charge < -0.3 is 11.1 Å². The third kappa shape index (κ3) is 4.44. The van der Waals surface area contributed by atoms with Gasteiger partial charge in [0.2, 0.25) is 0 Å². The Morgan fingerprint density at radius 2 is 1.90 bits per heavy atom. The normalized spacial score (nSPS) is 24.6. The fraction of sp³-hybridized carbons (Fsp3) is 0.667. The second-order valence-corrected chi connectivity index (χ2v) is 7.47. The largest absolute Gasteiger partial charge is 0.381 e. The number of nitrogens with one attached hydrogen (secondary N) is 1. The maximum Gasteiger partial charge on any atom is 0.125 e. The molecule has 0 saturated heterocycles. The molecule has 0 aliphatic heterocycles. The van der Waals surface area contributed by atoms with Gasteiger partial charge in [0.1, 0.15) is 5.82 Å². The Morgan fingerprint density at radius 1 is 1.24 bits per heavy atom. The number of rotatable bonds is 4. The zero-order valence-corrected chi connectivity index (χ0v) is 13.5. The Labute approximate surface area is 128 Å². The molecule has 3 heteroatoms. The van der Waals surface area contributed by atoms with Gasteiger partial charge in [0.05, 0.1) is 0 Å². The van der Waals surface area contributed by atoms with Crippen LogP contribution < -0.4 is 11.1 Å². The first-order valence-electron chi connectivity index (χ1n) is 8.12. The van der Waals surface area contributed by atoms with Crippen LogP contribution in [0.4, 0.5) is 10.1 Å². The molecule has 118 valence electrons. The van der Waals surface area contributed by atoms with Gasteiger partial charge in [0.25, 0.3) is 0 Å². The lowest BCUT2D eigenvalue weighted by molar-refractivity contribution is 0.143. The molecular formula is C18H29FN2. The van der Waals surface area contributed by atoms with Crippen molar-refractivity contribution in [3.63, 3.8) is 0 Å². The molecule has 1 unspecified atom stereocenters. The maximum absolute atomic E-state index is 13.3. The molecule has 1 aliphatic carbocycles. The van der Waals surface area contributed by atoms with E-state index in [0.29, 0.717) is 17.9 Å². The quantitative estimate of drug-likeness (QED) is 0.862. The minimum absolute atomic E-state index is 0.202. The smallest absolute Gasteiger partial charge is 0.125 e. The molecule has 2 nitrogen and oxygen atoms in total. The zero-order valence-electron chi connectivity index (χ0n) is 13.5. The summed E-state index contributed by atoms with van der Waals surface area (Å²) in [6, 6.07) is 6.90. The Morgan fingerprint density at radius 3 is 2.43 bits per heavy atom. The van der Waals surface area contributed by atoms with Gasteiger partial charge in [-0.3, -0.25) is 0 Å². The van der Waals surface area contributed by atoms with Crippen LogP contribution in [0.5, 0.6) is 0 Å². The lowest BCUT2D eigenvalue weighted by atomic mass is 9.68. The number of hydrogen-bond donors (Lipinski definition) is 2. The first-order chi connectivity index (χ1) is 9.90. The minimum Gasteiger partial charge on any atom is -0.381 e. The van der Waals surface area contributed by atoms with Crippen molar-refractivity contribution in [3.05, 3.63) is 30.1 Å². The summed E-state index contributed by atoms with van der Waals surface area (Å²) in [6.45, 7) is 7.61. The molecule has 1 aromatic rings. The highest BCUT2D eigenvalue weighted by atomic mass is 19.1. The Bertz CT molecular complexity index is 445. The third-order valence-corrected chi connectivity index (χ3v) is 5.00. The maximum atomic E-state index is 13.3. The molecule has 0 aromatic heterocycles. The van der Waals surface area contributed by atoms with Crippen LogP contribution in [-0.2, 0) is 0 Å². The van der Waals surface area contributed by atoms with Crippen molar-refractivity contribution in [2.24, 2.45) is 23.0 Å². The topological polar surface area (TPSA) is 38.0 Å². The summed E-state index contributed by atoms with van der Waals surface area (Å²) in [6.07, 6.45) is 4.98. The molecule has 1 fully saturated rings. The van der Waals surface area contributed by atoms with Crippen LogP contribution in [0.3, 0.4) is 0 Å². The standard InChI is InChI=1S/C18H29FN2/c1-18(2,3)14-9-7-13(8-10-14)17(12-20)21-16-6-4-5-15(19)11-16/h4-6,11,13-14,17,21H,7-10,12,20H2,1-3H3. The predicted molar refractivity (Wildman–Crippen MR) is 87.8 cm³/mol. The lowest BCUT2D eigenvalue weighted by Gasteiger charge is -2.39. The van der Waals surface area contributed by atoms with E-state index in [1.807, 2.05) is 6.07 Å². The molecule has 1 aliphatic rings. The molecule has 3 N–H and O–H groups in total. The molecule has 2 rings (SSSR count). The van der Waals surface area contributed by atoms with Crippen molar-refractivity contribution in [2.45, 2.75) is 52.5 Å². The molecule has 1 atom stereocenters. The summed E-state index contributed by atoms with van der Waals surface area (Å²) < 4.78 is 13.3. The van der Waals surface area contributed by atoms with Crippen LogP contribution >= 0.6 is 0 Å². The van der Waals surface area contributed by atoms with Gasteiger partial charge in [-0.2, -0.15) is 0 Å². The van der Waals surface area contributed by atoms with Crippen molar-refractivity contribution >= 4 is 5.69 Å². The second kappa shape index (κ2) is 6.78. The summed E-state index contributed by atoms with van der Waals surface area (Å²) in [4.78, 5) is 0. The van der Waals surface area contributed by atoms with Crippen molar-refractivity contribution in [1.29, 1.82) is 0 Å². The number of nitrogens with two attached hydrogens (primary N) is 1. The van der Waals surface area contributed by atoms with Gasteiger partial charge in [-0.1, -0.05) is 26.8 Å². The highest BCUT2D eigenvalue weighted by Crippen LogP contribution is 2.40. The van der Waals surface area contributed by atoms with E-state index in [-0.39, 0.29) is 11.9 Å². The molecule has 0 amide bonds. The van der Waals surface area contributed by atoms with Crippen LogP contribution in [0.1, 0.15) is 46.5 Å². The van der Waals surface area contributed by atoms with E-state index in [2.05, 4.69) is 26.1 Å². The van der Waals surface area contributed by atoms with Gasteiger partial charge in [0.15, 0.2) is 0 Å². The number of benzene rings is 1. The molecule has 0 spiro atoms. The predicted octanol–water partition coefficient (Wildman–Crippen LogP) is 4.42. The van der Waals surface area contributed by atoms with Crippen molar-refractivity contribution in [1.82, 2.24) is 0 Å². The zero-order chi connectivity index (χ0) is 15.5. The fourth-order valence-corrected chi connectivity index (χ4v) is 3.55. The molecule has 0 radical (unpaired) electrons. The average Bonchev–Trinajstić information content (AvgIpc) is 2.44. The second-order valence-electron chi connectivity index (χ2n) is 7.47. The summed E-state index contributed by atoms with van der Waals surface area (Å²) in [5.41, 5.74) is 7.19. The van der Waals surface area contributed by atoms with E-state index in [0.717, 1.165) is 11.6 Å². The number of anilines is 1. The van der Waals surface area contributed by atoms with Crippen molar-refractivity contribution < 1.29 is 4.39 Å². The van der Waals surface area contributed by atoms with Crippen LogP contribution in [-0.4, -0.2) is 12.6 Å². The van der Waals surface area contributed by atoms with E-state index >= 15 is 0 Å². The highest BCUT2D eigenvalue weighted by Gasteiger charge is 2.32. The van der Waals surface area contributed by atoms with Gasteiger partial charge in [-0.05, 0) is 61.1 Å². The minimum atomic E-state index is -0.202. The molecule has 0 bridgehead atoms. The highest BCUT2D eigenvalue weighted by molar-refractivity contribution is 5.44. The van der Waals surface area contributed by atoms with Gasteiger partial charge >= 0.3 is 0 Å². The Balaban J connectivity index is 1.94. The van der Waals surface area contributed by atoms with Crippen LogP contribution in [0.15, 0.2) is 24.3 Å². The summed E-state index contributed by atoms with van der Waals surface area (Å²) in [5.74, 6) is 1.20. The van der Waals surface area contributed by atoms with E-state index in [4.69, 9.17) is 5.73 Å². The monoisotopic (exact) mass is 292 g/mol. The molecule has 21 heavy (non-hydrogen) atoms. The number of halogens is 1. The summed E-state index contributed by atoms with van der Waals surface area (Å²) in [7, 11) is 0. The average molecular weight is 292 g/mol. The first kappa shape index (κ1) is 16.3. The van der Waals surface area contributed by atoms with Crippen LogP contribution in [0, 0.1) is 23.1 Å². The third-order valence-electron chi connectivity index (χ3n) is 5.00. The van der Waals surface area contributed by atoms with E-state index < -0.39 is 0 Å². The molecule has 1 aromatic carbocycles. The SMILES string of the molecule is CC(C)(C)C1CCC(C(CN)Nc2cccc(F)c2)CC1. The molecule has 1 saturated carbocycles. The van der Waals surface area contributed by atoms with Gasteiger partial charge in [0, 0.05) is 18.3 Å². The van der Waals surface area contributed by atoms with Gasteiger partial charge in [-0.25, -0.2) is 4.39 Å². The number of hydrogen-bond acceptors (Lipinski definition) is 2. The summed E-state index contributed by atoms with van der Waals surface area (Å²) >= 11 is 0. The lowest BCUT2D eigenvalue weighted by Crippen LogP contribution is -2.39. The Hall–Kier alpha value is -1.09. The Kier molecular flexibility index (Phi) is 5.26. The van der Waals surface area contributed by atoms with E-state index in [9.17, 15) is 4.39 Å². The first-order valence-corrected chi connectivity index (χ1v) is 8.12. The van der Waals surface area contributed by atoms with Crippen molar-refractivity contribution in [3.8, 4) is 0 Å². The summed E-state index contributed by atoms with van der Waals surface area (Å²) in [5, 5.41) is 3.43. The van der Waals surface area contributed by atoms with E-state index in [1.165, 1.54) is 31.7 Å². The van der Waals surface area contributed by atoms with Gasteiger partial charge in [-0.15, -0.1) is 0 Å². The fourth-order valence-electron chi connectivity index (χ4n) is 3.55. The van der Waals surface area contributed by atoms with E-state index in [1.54, 1.807) is 12.1 Å². The van der Waals surface area contributed by atoms with Crippen molar-refractivity contribution in [2.75, 3.05) is 11.9 Å².